The minimum atomic E-state index is -1.65. The molecule has 1 unspecified atom stereocenters. The minimum Gasteiger partial charge on any atom is -0.396 e. The largest absolute Gasteiger partial charge is 0.396 e. The van der Waals surface area contributed by atoms with E-state index in [1.807, 2.05) is 0 Å². The molecule has 0 spiro atoms. The van der Waals surface area contributed by atoms with Crippen LogP contribution in [-0.2, 0) is 9.84 Å². The highest BCUT2D eigenvalue weighted by Gasteiger charge is 1.96. The second kappa shape index (κ2) is 5.97. The van der Waals surface area contributed by atoms with Gasteiger partial charge in [-0.05, 0) is 6.42 Å². The summed E-state index contributed by atoms with van der Waals surface area (Å²) in [7, 11) is 0. The molecule has 0 amide bonds. The van der Waals surface area contributed by atoms with Crippen LogP contribution in [0.15, 0.2) is 0 Å². The predicted molar refractivity (Wildman–Crippen MR) is 29.2 cm³/mol. The van der Waals surface area contributed by atoms with Gasteiger partial charge in [-0.15, -0.1) is 0 Å². The zero-order chi connectivity index (χ0) is 7.11. The number of aliphatic hydroxyl groups excluding tert-OH is 2. The first-order valence-electron chi connectivity index (χ1n) is 2.80. The maximum Gasteiger partial charge on any atom is 0.212 e. The molecule has 0 bridgehead atoms. The second-order valence-electron chi connectivity index (χ2n) is 1.61. The van der Waals surface area contributed by atoms with E-state index < -0.39 is 6.29 Å². The van der Waals surface area contributed by atoms with E-state index in [0.717, 1.165) is 0 Å². The maximum absolute atomic E-state index is 9.86. The molecule has 0 heterocycles. The van der Waals surface area contributed by atoms with E-state index >= 15 is 0 Å². The Morgan fingerprint density at radius 3 is 2.67 bits per heavy atom. The number of hydrogen-bond acceptors (Lipinski definition) is 3. The van der Waals surface area contributed by atoms with Gasteiger partial charge in [0.2, 0.25) is 6.29 Å². The van der Waals surface area contributed by atoms with Crippen LogP contribution >= 0.6 is 0 Å². The van der Waals surface area contributed by atoms with E-state index in [4.69, 9.17) is 10.2 Å². The van der Waals surface area contributed by atoms with E-state index in [9.17, 15) is 5.11 Å². The molecule has 2 N–H and O–H groups in total. The molecule has 4 heteroatoms. The van der Waals surface area contributed by atoms with Crippen LogP contribution in [0.3, 0.4) is 0 Å². The standard InChI is InChI=1S/C5H11O4/c6-2-1-3-9-4-5(7)8/h5-7H,1-4H2. The number of ether oxygens (including phenoxy) is 1. The lowest BCUT2D eigenvalue weighted by atomic mass is 10.5. The second-order valence-corrected chi connectivity index (χ2v) is 1.61. The fourth-order valence-corrected chi connectivity index (χ4v) is 0.351. The summed E-state index contributed by atoms with van der Waals surface area (Å²) in [5, 5.41) is 26.2. The molecule has 0 aliphatic heterocycles. The van der Waals surface area contributed by atoms with Gasteiger partial charge in [0.05, 0.1) is 0 Å². The zero-order valence-electron chi connectivity index (χ0n) is 5.12. The Labute approximate surface area is 53.7 Å². The van der Waals surface area contributed by atoms with E-state index in [-0.39, 0.29) is 13.2 Å². The summed E-state index contributed by atoms with van der Waals surface area (Å²) in [6, 6.07) is 0. The van der Waals surface area contributed by atoms with Gasteiger partial charge in [0.1, 0.15) is 6.61 Å². The van der Waals surface area contributed by atoms with Crippen LogP contribution in [0.2, 0.25) is 0 Å². The number of hydrogen-bond donors (Lipinski definition) is 2. The molecular formula is C5H11O4. The molecule has 1 radical (unpaired) electrons. The van der Waals surface area contributed by atoms with Crippen molar-refractivity contribution < 1.29 is 20.1 Å². The van der Waals surface area contributed by atoms with Gasteiger partial charge in [-0.25, -0.2) is 0 Å². The van der Waals surface area contributed by atoms with Crippen LogP contribution < -0.4 is 0 Å². The van der Waals surface area contributed by atoms with E-state index in [0.29, 0.717) is 13.0 Å². The van der Waals surface area contributed by atoms with Gasteiger partial charge >= 0.3 is 0 Å². The predicted octanol–water partition coefficient (Wildman–Crippen LogP) is -0.866. The highest BCUT2D eigenvalue weighted by atomic mass is 16.5. The van der Waals surface area contributed by atoms with Crippen molar-refractivity contribution in [1.29, 1.82) is 0 Å². The Hall–Kier alpha value is -0.160. The van der Waals surface area contributed by atoms with Gasteiger partial charge < -0.3 is 14.9 Å². The molecule has 0 aromatic carbocycles. The first-order valence-corrected chi connectivity index (χ1v) is 2.80. The molecule has 0 aliphatic rings. The maximum atomic E-state index is 9.86. The molecule has 0 aromatic rings. The van der Waals surface area contributed by atoms with Crippen LogP contribution in [0.1, 0.15) is 6.42 Å². The van der Waals surface area contributed by atoms with Gasteiger partial charge in [-0.2, -0.15) is 5.11 Å². The van der Waals surface area contributed by atoms with Crippen molar-refractivity contribution in [2.75, 3.05) is 19.8 Å². The summed E-state index contributed by atoms with van der Waals surface area (Å²) in [4.78, 5) is 0. The average molecular weight is 135 g/mol. The van der Waals surface area contributed by atoms with Crippen molar-refractivity contribution in [3.8, 4) is 0 Å². The molecule has 55 valence electrons. The van der Waals surface area contributed by atoms with Crippen LogP contribution in [0.25, 0.3) is 0 Å². The van der Waals surface area contributed by atoms with E-state index in [1.165, 1.54) is 0 Å². The normalized spacial score (nSPS) is 10.7. The Balaban J connectivity index is 2.75. The Kier molecular flexibility index (Phi) is 5.86. The van der Waals surface area contributed by atoms with Crippen LogP contribution in [-0.4, -0.2) is 36.3 Å². The van der Waals surface area contributed by atoms with Crippen LogP contribution in [0, 0.1) is 0 Å². The van der Waals surface area contributed by atoms with E-state index in [1.54, 1.807) is 0 Å². The lowest BCUT2D eigenvalue weighted by Crippen LogP contribution is -2.13. The average Bonchev–Trinajstić information content (AvgIpc) is 1.80. The molecule has 0 aromatic heterocycles. The van der Waals surface area contributed by atoms with Gasteiger partial charge in [0.15, 0.2) is 0 Å². The fourth-order valence-electron chi connectivity index (χ4n) is 0.351. The highest BCUT2D eigenvalue weighted by molar-refractivity contribution is 4.33. The van der Waals surface area contributed by atoms with Gasteiger partial charge in [0, 0.05) is 13.2 Å². The van der Waals surface area contributed by atoms with Gasteiger partial charge in [0.25, 0.3) is 0 Å². The fraction of sp³-hybridized carbons (Fsp3) is 1.00. The Morgan fingerprint density at radius 1 is 1.56 bits per heavy atom. The number of rotatable bonds is 5. The summed E-state index contributed by atoms with van der Waals surface area (Å²) in [6.45, 7) is 0.185. The lowest BCUT2D eigenvalue weighted by molar-refractivity contribution is -0.134. The topological polar surface area (TPSA) is 69.6 Å². The monoisotopic (exact) mass is 135 g/mol. The van der Waals surface area contributed by atoms with Crippen molar-refractivity contribution in [2.24, 2.45) is 0 Å². The quantitative estimate of drug-likeness (QED) is 0.380. The van der Waals surface area contributed by atoms with Crippen molar-refractivity contribution in [3.63, 3.8) is 0 Å². The Bertz CT molecular complexity index is 54.9. The van der Waals surface area contributed by atoms with Crippen molar-refractivity contribution in [1.82, 2.24) is 0 Å². The molecule has 0 fully saturated rings. The molecule has 9 heavy (non-hydrogen) atoms. The van der Waals surface area contributed by atoms with Crippen molar-refractivity contribution in [2.45, 2.75) is 12.7 Å². The zero-order valence-corrected chi connectivity index (χ0v) is 5.12. The third-order valence-electron chi connectivity index (χ3n) is 0.707. The molecule has 0 saturated carbocycles. The third kappa shape index (κ3) is 7.84. The smallest absolute Gasteiger partial charge is 0.212 e. The summed E-state index contributed by atoms with van der Waals surface area (Å²) in [6.07, 6.45) is -1.14. The molecule has 0 aliphatic carbocycles. The molecule has 0 saturated heterocycles. The third-order valence-corrected chi connectivity index (χ3v) is 0.707. The first kappa shape index (κ1) is 8.84. The molecular weight excluding hydrogens is 124 g/mol. The highest BCUT2D eigenvalue weighted by Crippen LogP contribution is 1.83. The molecule has 4 nitrogen and oxygen atoms in total. The van der Waals surface area contributed by atoms with Gasteiger partial charge in [-0.3, -0.25) is 0 Å². The summed E-state index contributed by atoms with van der Waals surface area (Å²) < 4.78 is 4.61. The van der Waals surface area contributed by atoms with Crippen molar-refractivity contribution in [3.05, 3.63) is 0 Å². The molecule has 0 rings (SSSR count). The summed E-state index contributed by atoms with van der Waals surface area (Å²) >= 11 is 0. The Morgan fingerprint density at radius 2 is 2.22 bits per heavy atom. The summed E-state index contributed by atoms with van der Waals surface area (Å²) in [5.41, 5.74) is 0. The lowest BCUT2D eigenvalue weighted by Gasteiger charge is -2.01. The van der Waals surface area contributed by atoms with E-state index in [2.05, 4.69) is 4.74 Å². The van der Waals surface area contributed by atoms with Crippen LogP contribution in [0.5, 0.6) is 0 Å². The summed E-state index contributed by atoms with van der Waals surface area (Å²) in [5.74, 6) is 0. The first-order chi connectivity index (χ1) is 4.27. The van der Waals surface area contributed by atoms with Gasteiger partial charge in [-0.1, -0.05) is 0 Å². The SMILES string of the molecule is [O]C(O)COCCCO. The van der Waals surface area contributed by atoms with Crippen LogP contribution in [0.4, 0.5) is 0 Å². The minimum absolute atomic E-state index is 0.0505. The molecule has 1 atom stereocenters. The van der Waals surface area contributed by atoms with Crippen molar-refractivity contribution >= 4 is 0 Å². The number of aliphatic hydroxyl groups is 2.